The second-order valence-electron chi connectivity index (χ2n) is 7.38. The number of ether oxygens (including phenoxy) is 1. The molecule has 2 rings (SSSR count). The van der Waals surface area contributed by atoms with Gasteiger partial charge in [-0.2, -0.15) is 0 Å². The molecule has 0 bridgehead atoms. The van der Waals surface area contributed by atoms with Gasteiger partial charge in [0.1, 0.15) is 5.75 Å². The first-order chi connectivity index (χ1) is 9.21. The van der Waals surface area contributed by atoms with Crippen molar-refractivity contribution in [1.29, 1.82) is 0 Å². The van der Waals surface area contributed by atoms with Gasteiger partial charge in [0.2, 0.25) is 5.69 Å². The lowest BCUT2D eigenvalue weighted by Crippen LogP contribution is -2.39. The maximum atomic E-state index is 7.28. The van der Waals surface area contributed by atoms with Gasteiger partial charge in [-0.05, 0) is 48.3 Å². The van der Waals surface area contributed by atoms with Gasteiger partial charge >= 0.3 is 0 Å². The SMILES string of the molecule is [C-]#[N+]c1cc(Br)ccc1OC1CC(C)(C)CC(C)(C)C1. The van der Waals surface area contributed by atoms with Gasteiger partial charge in [0.15, 0.2) is 0 Å². The maximum absolute atomic E-state index is 7.28. The quantitative estimate of drug-likeness (QED) is 0.605. The summed E-state index contributed by atoms with van der Waals surface area (Å²) in [7, 11) is 0. The van der Waals surface area contributed by atoms with Crippen LogP contribution in [0.15, 0.2) is 22.7 Å². The molecule has 1 aliphatic rings. The smallest absolute Gasteiger partial charge is 0.229 e. The van der Waals surface area contributed by atoms with Gasteiger partial charge in [0.05, 0.1) is 12.7 Å². The van der Waals surface area contributed by atoms with Crippen LogP contribution in [0.2, 0.25) is 0 Å². The summed E-state index contributed by atoms with van der Waals surface area (Å²) in [5, 5.41) is 0. The number of nitrogens with zero attached hydrogens (tertiary/aromatic N) is 1. The standard InChI is InChI=1S/C17H22BrNO/c1-16(2)9-13(10-17(3,4)11-16)20-15-7-6-12(18)8-14(15)19-5/h6-8,13H,9-11H2,1-4H3. The first kappa shape index (κ1) is 15.4. The first-order valence-electron chi connectivity index (χ1n) is 7.04. The van der Waals surface area contributed by atoms with Crippen LogP contribution in [0.5, 0.6) is 5.75 Å². The fourth-order valence-corrected chi connectivity index (χ4v) is 4.03. The van der Waals surface area contributed by atoms with E-state index in [9.17, 15) is 0 Å². The van der Waals surface area contributed by atoms with E-state index >= 15 is 0 Å². The Morgan fingerprint density at radius 3 is 2.35 bits per heavy atom. The number of halogens is 1. The highest BCUT2D eigenvalue weighted by Gasteiger charge is 2.39. The van der Waals surface area contributed by atoms with E-state index in [4.69, 9.17) is 11.3 Å². The molecule has 1 saturated carbocycles. The molecule has 0 unspecified atom stereocenters. The second kappa shape index (κ2) is 5.41. The lowest BCUT2D eigenvalue weighted by Gasteiger charge is -2.44. The van der Waals surface area contributed by atoms with Crippen molar-refractivity contribution >= 4 is 21.6 Å². The van der Waals surface area contributed by atoms with Crippen LogP contribution in [0, 0.1) is 17.4 Å². The number of rotatable bonds is 2. The van der Waals surface area contributed by atoms with Crippen LogP contribution in [-0.4, -0.2) is 6.10 Å². The molecule has 0 saturated heterocycles. The van der Waals surface area contributed by atoms with Gasteiger partial charge in [-0.15, -0.1) is 0 Å². The number of benzene rings is 1. The molecule has 1 fully saturated rings. The second-order valence-corrected chi connectivity index (χ2v) is 8.29. The third kappa shape index (κ3) is 3.76. The monoisotopic (exact) mass is 335 g/mol. The van der Waals surface area contributed by atoms with E-state index in [0.717, 1.165) is 17.3 Å². The molecule has 108 valence electrons. The predicted molar refractivity (Wildman–Crippen MR) is 86.2 cm³/mol. The number of hydrogen-bond acceptors (Lipinski definition) is 1. The van der Waals surface area contributed by atoms with E-state index in [1.54, 1.807) is 0 Å². The zero-order chi connectivity index (χ0) is 15.0. The first-order valence-corrected chi connectivity index (χ1v) is 7.84. The van der Waals surface area contributed by atoms with Gasteiger partial charge in [0, 0.05) is 4.47 Å². The normalized spacial score (nSPS) is 21.2. The van der Waals surface area contributed by atoms with Crippen LogP contribution in [-0.2, 0) is 0 Å². The largest absolute Gasteiger partial charge is 0.501 e. The van der Waals surface area contributed by atoms with Crippen LogP contribution in [0.3, 0.4) is 0 Å². The van der Waals surface area contributed by atoms with Gasteiger partial charge in [-0.3, -0.25) is 0 Å². The Morgan fingerprint density at radius 1 is 1.20 bits per heavy atom. The Kier molecular flexibility index (Phi) is 4.16. The Hall–Kier alpha value is -1.01. The summed E-state index contributed by atoms with van der Waals surface area (Å²) in [4.78, 5) is 3.56. The maximum Gasteiger partial charge on any atom is 0.229 e. The average molecular weight is 336 g/mol. The van der Waals surface area contributed by atoms with Crippen molar-refractivity contribution in [2.45, 2.75) is 53.1 Å². The molecule has 0 amide bonds. The third-order valence-corrected chi connectivity index (χ3v) is 4.35. The Labute approximate surface area is 130 Å². The number of hydrogen-bond donors (Lipinski definition) is 0. The molecule has 2 nitrogen and oxygen atoms in total. The van der Waals surface area contributed by atoms with E-state index in [0.29, 0.717) is 22.3 Å². The molecule has 20 heavy (non-hydrogen) atoms. The highest BCUT2D eigenvalue weighted by atomic mass is 79.9. The zero-order valence-electron chi connectivity index (χ0n) is 12.7. The summed E-state index contributed by atoms with van der Waals surface area (Å²) in [6.07, 6.45) is 3.50. The van der Waals surface area contributed by atoms with Crippen molar-refractivity contribution in [2.24, 2.45) is 10.8 Å². The molecule has 0 radical (unpaired) electrons. The molecule has 0 N–H and O–H groups in total. The van der Waals surface area contributed by atoms with Crippen molar-refractivity contribution < 1.29 is 4.74 Å². The minimum absolute atomic E-state index is 0.190. The van der Waals surface area contributed by atoms with Gasteiger partial charge in [-0.25, -0.2) is 4.85 Å². The van der Waals surface area contributed by atoms with Gasteiger partial charge in [-0.1, -0.05) is 43.6 Å². The lowest BCUT2D eigenvalue weighted by molar-refractivity contribution is 0.0137. The van der Waals surface area contributed by atoms with Crippen molar-refractivity contribution in [3.63, 3.8) is 0 Å². The molecule has 0 spiro atoms. The molecule has 1 aromatic carbocycles. The van der Waals surface area contributed by atoms with E-state index in [-0.39, 0.29) is 6.10 Å². The minimum Gasteiger partial charge on any atom is -0.501 e. The predicted octanol–water partition coefficient (Wildman–Crippen LogP) is 5.98. The van der Waals surface area contributed by atoms with Crippen molar-refractivity contribution in [3.8, 4) is 5.75 Å². The van der Waals surface area contributed by atoms with E-state index in [1.165, 1.54) is 6.42 Å². The lowest BCUT2D eigenvalue weighted by atomic mass is 9.64. The topological polar surface area (TPSA) is 13.6 Å². The summed E-state index contributed by atoms with van der Waals surface area (Å²) in [5.41, 5.74) is 1.17. The molecule has 0 aliphatic heterocycles. The molecule has 0 atom stereocenters. The molecule has 0 aromatic heterocycles. The van der Waals surface area contributed by atoms with E-state index in [2.05, 4.69) is 48.5 Å². The zero-order valence-corrected chi connectivity index (χ0v) is 14.3. The highest BCUT2D eigenvalue weighted by Crippen LogP contribution is 2.47. The van der Waals surface area contributed by atoms with Crippen molar-refractivity contribution in [2.75, 3.05) is 0 Å². The summed E-state index contributed by atoms with van der Waals surface area (Å²) in [5.74, 6) is 0.710. The fourth-order valence-electron chi connectivity index (χ4n) is 3.69. The molecule has 1 aliphatic carbocycles. The molecule has 3 heteroatoms. The Balaban J connectivity index is 2.20. The van der Waals surface area contributed by atoms with Gasteiger partial charge < -0.3 is 4.74 Å². The van der Waals surface area contributed by atoms with E-state index < -0.39 is 0 Å². The fraction of sp³-hybridized carbons (Fsp3) is 0.588. The van der Waals surface area contributed by atoms with Crippen molar-refractivity contribution in [1.82, 2.24) is 0 Å². The molecular weight excluding hydrogens is 314 g/mol. The molecular formula is C17H22BrNO. The summed E-state index contributed by atoms with van der Waals surface area (Å²) >= 11 is 3.40. The highest BCUT2D eigenvalue weighted by molar-refractivity contribution is 9.10. The molecule has 1 aromatic rings. The Morgan fingerprint density at radius 2 is 1.80 bits per heavy atom. The summed E-state index contributed by atoms with van der Waals surface area (Å²) in [6, 6.07) is 5.65. The van der Waals surface area contributed by atoms with Crippen LogP contribution < -0.4 is 4.74 Å². The van der Waals surface area contributed by atoms with Crippen LogP contribution in [0.1, 0.15) is 47.0 Å². The minimum atomic E-state index is 0.190. The summed E-state index contributed by atoms with van der Waals surface area (Å²) < 4.78 is 7.09. The van der Waals surface area contributed by atoms with Gasteiger partial charge in [0.25, 0.3) is 0 Å². The third-order valence-electron chi connectivity index (χ3n) is 3.85. The molecule has 0 heterocycles. The van der Waals surface area contributed by atoms with E-state index in [1.807, 2.05) is 18.2 Å². The average Bonchev–Trinajstić information content (AvgIpc) is 2.27. The van der Waals surface area contributed by atoms with Crippen LogP contribution in [0.25, 0.3) is 4.85 Å². The Bertz CT molecular complexity index is 526. The van der Waals surface area contributed by atoms with Crippen molar-refractivity contribution in [3.05, 3.63) is 34.1 Å². The van der Waals surface area contributed by atoms with Crippen LogP contribution >= 0.6 is 15.9 Å². The summed E-state index contributed by atoms with van der Waals surface area (Å²) in [6.45, 7) is 16.5. The van der Waals surface area contributed by atoms with Crippen LogP contribution in [0.4, 0.5) is 5.69 Å².